The van der Waals surface area contributed by atoms with Crippen molar-refractivity contribution < 1.29 is 14.3 Å². The maximum atomic E-state index is 12.2. The molecule has 1 aliphatic heterocycles. The van der Waals surface area contributed by atoms with E-state index >= 15 is 0 Å². The van der Waals surface area contributed by atoms with Crippen LogP contribution in [-0.4, -0.2) is 30.1 Å². The Hall–Kier alpha value is -2.76. The Labute approximate surface area is 141 Å². The third-order valence-electron chi connectivity index (χ3n) is 3.81. The highest BCUT2D eigenvalue weighted by Gasteiger charge is 2.13. The average Bonchev–Trinajstić information content (AvgIpc) is 2.61. The van der Waals surface area contributed by atoms with Gasteiger partial charge in [0.25, 0.3) is 5.91 Å². The quantitative estimate of drug-likeness (QED) is 0.883. The second-order valence-electron chi connectivity index (χ2n) is 5.70. The van der Waals surface area contributed by atoms with Gasteiger partial charge in [-0.05, 0) is 37.6 Å². The van der Waals surface area contributed by atoms with Crippen molar-refractivity contribution in [1.82, 2.24) is 10.3 Å². The first-order valence-corrected chi connectivity index (χ1v) is 8.09. The number of ether oxygens (including phenoxy) is 2. The van der Waals surface area contributed by atoms with Crippen molar-refractivity contribution in [1.29, 1.82) is 0 Å². The number of nitrogens with zero attached hydrogens (tertiary/aromatic N) is 1. The number of carbonyl (C=O) groups excluding carboxylic acids is 1. The summed E-state index contributed by atoms with van der Waals surface area (Å²) >= 11 is 0. The summed E-state index contributed by atoms with van der Waals surface area (Å²) in [5, 5.41) is 6.17. The molecule has 0 fully saturated rings. The van der Waals surface area contributed by atoms with E-state index in [0.717, 1.165) is 29.3 Å². The lowest BCUT2D eigenvalue weighted by Crippen LogP contribution is -2.32. The van der Waals surface area contributed by atoms with Crippen LogP contribution in [-0.2, 0) is 0 Å². The number of hydrogen-bond acceptors (Lipinski definition) is 5. The average molecular weight is 327 g/mol. The molecule has 1 aromatic heterocycles. The summed E-state index contributed by atoms with van der Waals surface area (Å²) in [4.78, 5) is 16.3. The van der Waals surface area contributed by atoms with Gasteiger partial charge in [0.15, 0.2) is 11.5 Å². The third kappa shape index (κ3) is 3.76. The molecule has 0 spiro atoms. The minimum atomic E-state index is -0.171. The monoisotopic (exact) mass is 327 g/mol. The van der Waals surface area contributed by atoms with E-state index in [9.17, 15) is 4.79 Å². The molecule has 1 atom stereocenters. The van der Waals surface area contributed by atoms with Gasteiger partial charge in [0, 0.05) is 29.7 Å². The summed E-state index contributed by atoms with van der Waals surface area (Å²) in [7, 11) is 0. The number of rotatable bonds is 5. The first-order chi connectivity index (χ1) is 11.7. The van der Waals surface area contributed by atoms with Gasteiger partial charge in [-0.2, -0.15) is 0 Å². The number of aromatic nitrogens is 1. The van der Waals surface area contributed by atoms with E-state index in [1.807, 2.05) is 38.1 Å². The minimum Gasteiger partial charge on any atom is -0.486 e. The van der Waals surface area contributed by atoms with Crippen LogP contribution in [0, 0.1) is 0 Å². The topological polar surface area (TPSA) is 72.5 Å². The molecule has 2 N–H and O–H groups in total. The number of benzene rings is 1. The standard InChI is InChI=1S/C18H21N3O3/c1-3-12(2)20-18(22)15-10-14(6-7-19-15)21-13-4-5-16-17(11-13)24-9-8-23-16/h4-7,10-12H,3,8-9H2,1-2H3,(H,19,21)(H,20,22). The maximum Gasteiger partial charge on any atom is 0.270 e. The van der Waals surface area contributed by atoms with E-state index in [1.165, 1.54) is 0 Å². The lowest BCUT2D eigenvalue weighted by atomic mass is 10.2. The fourth-order valence-corrected chi connectivity index (χ4v) is 2.32. The fraction of sp³-hybridized carbons (Fsp3) is 0.333. The first kappa shape index (κ1) is 16.1. The van der Waals surface area contributed by atoms with E-state index in [4.69, 9.17) is 9.47 Å². The number of fused-ring (bicyclic) bond motifs is 1. The lowest BCUT2D eigenvalue weighted by molar-refractivity contribution is 0.0934. The van der Waals surface area contributed by atoms with Crippen molar-refractivity contribution in [2.75, 3.05) is 18.5 Å². The van der Waals surface area contributed by atoms with Gasteiger partial charge in [-0.25, -0.2) is 0 Å². The van der Waals surface area contributed by atoms with Gasteiger partial charge in [-0.3, -0.25) is 9.78 Å². The zero-order valence-corrected chi connectivity index (χ0v) is 13.8. The predicted octanol–water partition coefficient (Wildman–Crippen LogP) is 3.12. The Balaban J connectivity index is 1.74. The van der Waals surface area contributed by atoms with Crippen LogP contribution >= 0.6 is 0 Å². The summed E-state index contributed by atoms with van der Waals surface area (Å²) in [6.45, 7) is 5.11. The molecule has 1 aromatic carbocycles. The summed E-state index contributed by atoms with van der Waals surface area (Å²) in [5.74, 6) is 1.29. The van der Waals surface area contributed by atoms with Crippen molar-refractivity contribution in [3.63, 3.8) is 0 Å². The Morgan fingerprint density at radius 3 is 2.71 bits per heavy atom. The molecule has 6 heteroatoms. The van der Waals surface area contributed by atoms with Gasteiger partial charge in [0.1, 0.15) is 18.9 Å². The molecule has 2 heterocycles. The fourth-order valence-electron chi connectivity index (χ4n) is 2.32. The molecule has 24 heavy (non-hydrogen) atoms. The van der Waals surface area contributed by atoms with Crippen LogP contribution in [0.15, 0.2) is 36.5 Å². The summed E-state index contributed by atoms with van der Waals surface area (Å²) in [5.41, 5.74) is 2.03. The lowest BCUT2D eigenvalue weighted by Gasteiger charge is -2.19. The Morgan fingerprint density at radius 1 is 1.17 bits per heavy atom. The Morgan fingerprint density at radius 2 is 1.92 bits per heavy atom. The van der Waals surface area contributed by atoms with Crippen LogP contribution in [0.25, 0.3) is 0 Å². The number of anilines is 2. The van der Waals surface area contributed by atoms with E-state index < -0.39 is 0 Å². The van der Waals surface area contributed by atoms with Crippen LogP contribution in [0.1, 0.15) is 30.8 Å². The first-order valence-electron chi connectivity index (χ1n) is 8.09. The molecule has 1 amide bonds. The van der Waals surface area contributed by atoms with E-state index in [-0.39, 0.29) is 11.9 Å². The SMILES string of the molecule is CCC(C)NC(=O)c1cc(Nc2ccc3c(c2)OCCO3)ccn1. The molecular formula is C18H21N3O3. The molecular weight excluding hydrogens is 306 g/mol. The molecule has 0 aliphatic carbocycles. The Bertz CT molecular complexity index is 733. The zero-order chi connectivity index (χ0) is 16.9. The zero-order valence-electron chi connectivity index (χ0n) is 13.8. The largest absolute Gasteiger partial charge is 0.486 e. The van der Waals surface area contributed by atoms with E-state index in [0.29, 0.717) is 18.9 Å². The molecule has 6 nitrogen and oxygen atoms in total. The predicted molar refractivity (Wildman–Crippen MR) is 92.2 cm³/mol. The Kier molecular flexibility index (Phi) is 4.84. The molecule has 0 saturated heterocycles. The van der Waals surface area contributed by atoms with E-state index in [1.54, 1.807) is 12.3 Å². The van der Waals surface area contributed by atoms with Crippen molar-refractivity contribution in [3.8, 4) is 11.5 Å². The highest BCUT2D eigenvalue weighted by atomic mass is 16.6. The molecule has 0 bridgehead atoms. The molecule has 2 aromatic rings. The summed E-state index contributed by atoms with van der Waals surface area (Å²) in [6, 6.07) is 9.33. The molecule has 1 unspecified atom stereocenters. The van der Waals surface area contributed by atoms with E-state index in [2.05, 4.69) is 15.6 Å². The van der Waals surface area contributed by atoms with Gasteiger partial charge < -0.3 is 20.1 Å². The van der Waals surface area contributed by atoms with Crippen molar-refractivity contribution in [3.05, 3.63) is 42.2 Å². The highest BCUT2D eigenvalue weighted by molar-refractivity contribution is 5.93. The molecule has 0 radical (unpaired) electrons. The van der Waals surface area contributed by atoms with Crippen LogP contribution in [0.5, 0.6) is 11.5 Å². The van der Waals surface area contributed by atoms with Crippen LogP contribution < -0.4 is 20.1 Å². The second-order valence-corrected chi connectivity index (χ2v) is 5.70. The normalized spacial score (nSPS) is 13.9. The molecule has 126 valence electrons. The summed E-state index contributed by atoms with van der Waals surface area (Å²) in [6.07, 6.45) is 2.49. The number of amides is 1. The van der Waals surface area contributed by atoms with Gasteiger partial charge in [-0.15, -0.1) is 0 Å². The number of nitrogens with one attached hydrogen (secondary N) is 2. The van der Waals surface area contributed by atoms with Gasteiger partial charge >= 0.3 is 0 Å². The van der Waals surface area contributed by atoms with Crippen LogP contribution in [0.4, 0.5) is 11.4 Å². The molecule has 0 saturated carbocycles. The molecule has 3 rings (SSSR count). The maximum absolute atomic E-state index is 12.2. The minimum absolute atomic E-state index is 0.119. The van der Waals surface area contributed by atoms with Gasteiger partial charge in [0.2, 0.25) is 0 Å². The van der Waals surface area contributed by atoms with Crippen LogP contribution in [0.2, 0.25) is 0 Å². The third-order valence-corrected chi connectivity index (χ3v) is 3.81. The van der Waals surface area contributed by atoms with Gasteiger partial charge in [-0.1, -0.05) is 6.92 Å². The van der Waals surface area contributed by atoms with Crippen molar-refractivity contribution in [2.24, 2.45) is 0 Å². The van der Waals surface area contributed by atoms with Crippen LogP contribution in [0.3, 0.4) is 0 Å². The second kappa shape index (κ2) is 7.21. The smallest absolute Gasteiger partial charge is 0.270 e. The summed E-state index contributed by atoms with van der Waals surface area (Å²) < 4.78 is 11.1. The number of carbonyl (C=O) groups is 1. The highest BCUT2D eigenvalue weighted by Crippen LogP contribution is 2.33. The number of pyridine rings is 1. The number of hydrogen-bond donors (Lipinski definition) is 2. The van der Waals surface area contributed by atoms with Crippen molar-refractivity contribution in [2.45, 2.75) is 26.3 Å². The van der Waals surface area contributed by atoms with Crippen molar-refractivity contribution >= 4 is 17.3 Å². The molecule has 1 aliphatic rings. The van der Waals surface area contributed by atoms with Gasteiger partial charge in [0.05, 0.1) is 0 Å².